The van der Waals surface area contributed by atoms with E-state index in [1.807, 2.05) is 0 Å². The molecule has 0 aliphatic carbocycles. The number of aromatic nitrogens is 1. The van der Waals surface area contributed by atoms with Gasteiger partial charge in [-0.15, -0.1) is 0 Å². The minimum absolute atomic E-state index is 0.605. The average Bonchev–Trinajstić information content (AvgIpc) is 1.95. The van der Waals surface area contributed by atoms with Crippen molar-refractivity contribution in [2.24, 2.45) is 5.84 Å². The van der Waals surface area contributed by atoms with Gasteiger partial charge in [-0.25, -0.2) is 10.8 Å². The van der Waals surface area contributed by atoms with E-state index in [0.717, 1.165) is 3.57 Å². The van der Waals surface area contributed by atoms with Crippen molar-refractivity contribution < 1.29 is 0 Å². The molecule has 0 aliphatic heterocycles. The highest BCUT2D eigenvalue weighted by atomic mass is 127. The second kappa shape index (κ2) is 3.36. The number of anilines is 1. The summed E-state index contributed by atoms with van der Waals surface area (Å²) < 4.78 is 0.837. The summed E-state index contributed by atoms with van der Waals surface area (Å²) in [4.78, 5) is 3.93. The molecule has 1 heterocycles. The summed E-state index contributed by atoms with van der Waals surface area (Å²) in [6.07, 6.45) is 1.60. The maximum absolute atomic E-state index is 5.75. The Morgan fingerprint density at radius 1 is 1.70 bits per heavy atom. The van der Waals surface area contributed by atoms with E-state index in [0.29, 0.717) is 10.8 Å². The zero-order chi connectivity index (χ0) is 7.56. The Kier molecular flexibility index (Phi) is 2.70. The molecule has 5 heteroatoms. The summed E-state index contributed by atoms with van der Waals surface area (Å²) in [5.74, 6) is 5.75. The van der Waals surface area contributed by atoms with Crippen molar-refractivity contribution >= 4 is 40.0 Å². The maximum Gasteiger partial charge on any atom is 0.154 e. The highest BCUT2D eigenvalue weighted by molar-refractivity contribution is 14.1. The second-order valence-electron chi connectivity index (χ2n) is 1.60. The number of nitrogens with one attached hydrogen (secondary N) is 1. The molecule has 1 rings (SSSR count). The van der Waals surface area contributed by atoms with Crippen molar-refractivity contribution in [3.05, 3.63) is 20.9 Å². The lowest BCUT2D eigenvalue weighted by Gasteiger charge is -2.01. The molecule has 0 fully saturated rings. The lowest BCUT2D eigenvalue weighted by atomic mass is 10.5. The van der Waals surface area contributed by atoms with Gasteiger partial charge in [0.25, 0.3) is 0 Å². The molecule has 0 atom stereocenters. The van der Waals surface area contributed by atoms with Crippen LogP contribution in [0.25, 0.3) is 0 Å². The van der Waals surface area contributed by atoms with Crippen molar-refractivity contribution in [3.8, 4) is 0 Å². The first-order chi connectivity index (χ1) is 4.75. The third-order valence-corrected chi connectivity index (χ3v) is 2.70. The largest absolute Gasteiger partial charge is 0.308 e. The number of pyridine rings is 1. The molecule has 3 nitrogen and oxygen atoms in total. The van der Waals surface area contributed by atoms with Crippen molar-refractivity contribution in [3.63, 3.8) is 0 Å². The van der Waals surface area contributed by atoms with E-state index < -0.39 is 0 Å². The van der Waals surface area contributed by atoms with Crippen LogP contribution in [0.3, 0.4) is 0 Å². The standard InChI is InChI=1S/C5H5ClIN3/c6-3-1-2-9-5(10-8)4(3)7/h1-2H,8H2,(H,9,10). The second-order valence-corrected chi connectivity index (χ2v) is 3.09. The third kappa shape index (κ3) is 1.50. The van der Waals surface area contributed by atoms with Gasteiger partial charge >= 0.3 is 0 Å². The topological polar surface area (TPSA) is 50.9 Å². The molecule has 3 N–H and O–H groups in total. The van der Waals surface area contributed by atoms with Gasteiger partial charge in [0.15, 0.2) is 5.82 Å². The zero-order valence-corrected chi connectivity index (χ0v) is 7.85. The van der Waals surface area contributed by atoms with Gasteiger partial charge in [-0.1, -0.05) is 11.6 Å². The molecule has 0 saturated heterocycles. The Morgan fingerprint density at radius 2 is 2.40 bits per heavy atom. The predicted octanol–water partition coefficient (Wildman–Crippen LogP) is 1.63. The first-order valence-electron chi connectivity index (χ1n) is 2.52. The van der Waals surface area contributed by atoms with Crippen LogP contribution in [-0.2, 0) is 0 Å². The molecular formula is C5H5ClIN3. The van der Waals surface area contributed by atoms with Gasteiger partial charge in [0.1, 0.15) is 0 Å². The lowest BCUT2D eigenvalue weighted by Crippen LogP contribution is -2.09. The first-order valence-corrected chi connectivity index (χ1v) is 3.98. The van der Waals surface area contributed by atoms with Crippen LogP contribution >= 0.6 is 34.2 Å². The number of hydrazine groups is 1. The number of hydrogen-bond acceptors (Lipinski definition) is 3. The summed E-state index contributed by atoms with van der Waals surface area (Å²) in [7, 11) is 0. The van der Waals surface area contributed by atoms with Crippen LogP contribution in [0.2, 0.25) is 5.02 Å². The molecule has 54 valence electrons. The fraction of sp³-hybridized carbons (Fsp3) is 0. The molecule has 0 aliphatic rings. The first kappa shape index (κ1) is 8.03. The van der Waals surface area contributed by atoms with E-state index >= 15 is 0 Å². The van der Waals surface area contributed by atoms with E-state index in [1.54, 1.807) is 12.3 Å². The summed E-state index contributed by atoms with van der Waals surface area (Å²) in [6, 6.07) is 1.71. The minimum atomic E-state index is 0.605. The van der Waals surface area contributed by atoms with Gasteiger partial charge in [-0.2, -0.15) is 0 Å². The molecule has 0 spiro atoms. The molecule has 0 radical (unpaired) electrons. The highest BCUT2D eigenvalue weighted by Gasteiger charge is 2.01. The van der Waals surface area contributed by atoms with Crippen LogP contribution in [0.4, 0.5) is 5.82 Å². The van der Waals surface area contributed by atoms with E-state index in [-0.39, 0.29) is 0 Å². The SMILES string of the molecule is NNc1nccc(Cl)c1I. The van der Waals surface area contributed by atoms with Crippen LogP contribution in [0.15, 0.2) is 12.3 Å². The van der Waals surface area contributed by atoms with Crippen LogP contribution in [0.5, 0.6) is 0 Å². The molecular weight excluding hydrogens is 264 g/mol. The normalized spacial score (nSPS) is 9.50. The van der Waals surface area contributed by atoms with Crippen molar-refractivity contribution in [2.45, 2.75) is 0 Å². The summed E-state index contributed by atoms with van der Waals surface area (Å²) in [6.45, 7) is 0. The van der Waals surface area contributed by atoms with Crippen LogP contribution < -0.4 is 11.3 Å². The smallest absolute Gasteiger partial charge is 0.154 e. The number of nitrogens with two attached hydrogens (primary N) is 1. The van der Waals surface area contributed by atoms with Gasteiger partial charge in [0.05, 0.1) is 8.59 Å². The average molecular weight is 269 g/mol. The van der Waals surface area contributed by atoms with Gasteiger partial charge in [-0.05, 0) is 28.7 Å². The van der Waals surface area contributed by atoms with Gasteiger partial charge in [0, 0.05) is 6.20 Å². The fourth-order valence-electron chi connectivity index (χ4n) is 0.521. The molecule has 10 heavy (non-hydrogen) atoms. The molecule has 0 bridgehead atoms. The Balaban J connectivity index is 3.14. The van der Waals surface area contributed by atoms with Gasteiger partial charge < -0.3 is 5.43 Å². The number of nitrogen functional groups attached to an aromatic ring is 1. The molecule has 1 aromatic heterocycles. The highest BCUT2D eigenvalue weighted by Crippen LogP contribution is 2.22. The molecule has 0 aromatic carbocycles. The Morgan fingerprint density at radius 3 is 2.90 bits per heavy atom. The monoisotopic (exact) mass is 269 g/mol. The predicted molar refractivity (Wildman–Crippen MR) is 49.8 cm³/mol. The van der Waals surface area contributed by atoms with E-state index in [9.17, 15) is 0 Å². The zero-order valence-electron chi connectivity index (χ0n) is 4.94. The quantitative estimate of drug-likeness (QED) is 0.463. The van der Waals surface area contributed by atoms with Gasteiger partial charge in [0.2, 0.25) is 0 Å². The summed E-state index contributed by atoms with van der Waals surface area (Å²) in [5.41, 5.74) is 2.43. The molecule has 1 aromatic rings. The minimum Gasteiger partial charge on any atom is -0.308 e. The van der Waals surface area contributed by atoms with Crippen LogP contribution in [0, 0.1) is 3.57 Å². The summed E-state index contributed by atoms with van der Waals surface area (Å²) in [5, 5.41) is 0.656. The summed E-state index contributed by atoms with van der Waals surface area (Å²) >= 11 is 7.82. The van der Waals surface area contributed by atoms with Gasteiger partial charge in [-0.3, -0.25) is 0 Å². The molecule has 0 amide bonds. The Labute approximate surface area is 77.1 Å². The third-order valence-electron chi connectivity index (χ3n) is 0.979. The van der Waals surface area contributed by atoms with Crippen LogP contribution in [-0.4, -0.2) is 4.98 Å². The Bertz CT molecular complexity index is 240. The van der Waals surface area contributed by atoms with Crippen molar-refractivity contribution in [1.82, 2.24) is 4.98 Å². The number of hydrogen-bond donors (Lipinski definition) is 2. The van der Waals surface area contributed by atoms with E-state index in [2.05, 4.69) is 33.0 Å². The van der Waals surface area contributed by atoms with E-state index in [4.69, 9.17) is 17.4 Å². The van der Waals surface area contributed by atoms with Crippen molar-refractivity contribution in [1.29, 1.82) is 0 Å². The number of halogens is 2. The number of nitrogens with zero attached hydrogens (tertiary/aromatic N) is 1. The molecule has 0 unspecified atom stereocenters. The van der Waals surface area contributed by atoms with Crippen LogP contribution in [0.1, 0.15) is 0 Å². The molecule has 0 saturated carbocycles. The van der Waals surface area contributed by atoms with E-state index in [1.165, 1.54) is 0 Å². The maximum atomic E-state index is 5.75. The lowest BCUT2D eigenvalue weighted by molar-refractivity contribution is 1.21. The number of rotatable bonds is 1. The Hall–Kier alpha value is -0.0700. The van der Waals surface area contributed by atoms with Crippen molar-refractivity contribution in [2.75, 3.05) is 5.43 Å². The fourth-order valence-corrected chi connectivity index (χ4v) is 1.14.